The number of nitrogens with zero attached hydrogens (tertiary/aromatic N) is 2. The Morgan fingerprint density at radius 1 is 0.897 bits per heavy atom. The quantitative estimate of drug-likeness (QED) is 0.259. The summed E-state index contributed by atoms with van der Waals surface area (Å²) in [6.45, 7) is 7.45. The van der Waals surface area contributed by atoms with Gasteiger partial charge in [-0.25, -0.2) is 8.42 Å². The summed E-state index contributed by atoms with van der Waals surface area (Å²) >= 11 is 2.15. The number of aryl methyl sites for hydroxylation is 1. The normalized spacial score (nSPS) is 12.8. The number of hydrogen-bond donors (Lipinski definition) is 1. The monoisotopic (exact) mass is 661 g/mol. The third kappa shape index (κ3) is 7.82. The van der Waals surface area contributed by atoms with E-state index in [1.54, 1.807) is 42.5 Å². The van der Waals surface area contributed by atoms with Crippen molar-refractivity contribution in [3.05, 3.63) is 93.6 Å². The lowest BCUT2D eigenvalue weighted by molar-refractivity contribution is -0.140. The summed E-state index contributed by atoms with van der Waals surface area (Å²) in [5.74, 6) is -0.706. The van der Waals surface area contributed by atoms with Gasteiger partial charge in [-0.2, -0.15) is 0 Å². The SMILES string of the molecule is CC[C@H](C)NC(=O)[C@H](CC)N(Cc1ccccc1C)C(=O)CN(c1ccc(I)cc1)S(=O)(=O)c1ccccc1. The van der Waals surface area contributed by atoms with E-state index in [0.717, 1.165) is 25.4 Å². The van der Waals surface area contributed by atoms with Gasteiger partial charge in [0.15, 0.2) is 0 Å². The van der Waals surface area contributed by atoms with Gasteiger partial charge in [-0.15, -0.1) is 0 Å². The summed E-state index contributed by atoms with van der Waals surface area (Å²) in [6.07, 6.45) is 1.14. The molecule has 39 heavy (non-hydrogen) atoms. The van der Waals surface area contributed by atoms with Gasteiger partial charge in [0.05, 0.1) is 10.6 Å². The molecule has 1 N–H and O–H groups in total. The Labute approximate surface area is 245 Å². The standard InChI is InChI=1S/C30H36IN3O4S/c1-5-23(4)32-30(36)28(6-2)33(20-24-13-11-10-12-22(24)3)29(35)21-34(26-18-16-25(31)17-19-26)39(37,38)27-14-8-7-9-15-27/h7-19,23,28H,5-6,20-21H2,1-4H3,(H,32,36)/t23-,28-/m0/s1. The molecule has 0 aliphatic rings. The molecule has 0 fully saturated rings. The van der Waals surface area contributed by atoms with E-state index in [1.165, 1.54) is 17.0 Å². The van der Waals surface area contributed by atoms with Crippen LogP contribution in [-0.4, -0.2) is 43.8 Å². The summed E-state index contributed by atoms with van der Waals surface area (Å²) in [4.78, 5) is 29.0. The molecule has 0 saturated heterocycles. The first kappa shape index (κ1) is 30.6. The van der Waals surface area contributed by atoms with E-state index in [2.05, 4.69) is 27.9 Å². The highest BCUT2D eigenvalue weighted by atomic mass is 127. The Kier molecular flexibility index (Phi) is 10.9. The van der Waals surface area contributed by atoms with Gasteiger partial charge < -0.3 is 10.2 Å². The van der Waals surface area contributed by atoms with Gasteiger partial charge in [-0.3, -0.25) is 13.9 Å². The van der Waals surface area contributed by atoms with Crippen molar-refractivity contribution in [3.8, 4) is 0 Å². The first-order valence-electron chi connectivity index (χ1n) is 13.1. The number of anilines is 1. The van der Waals surface area contributed by atoms with Gasteiger partial charge in [0.25, 0.3) is 10.0 Å². The molecule has 0 unspecified atom stereocenters. The molecule has 3 aromatic carbocycles. The molecule has 0 radical (unpaired) electrons. The predicted molar refractivity (Wildman–Crippen MR) is 164 cm³/mol. The number of carbonyl (C=O) groups excluding carboxylic acids is 2. The minimum Gasteiger partial charge on any atom is -0.352 e. The highest BCUT2D eigenvalue weighted by Crippen LogP contribution is 2.26. The highest BCUT2D eigenvalue weighted by molar-refractivity contribution is 14.1. The minimum absolute atomic E-state index is 0.0521. The molecule has 0 bridgehead atoms. The molecule has 0 aliphatic carbocycles. The van der Waals surface area contributed by atoms with E-state index in [1.807, 2.05) is 52.0 Å². The summed E-state index contributed by atoms with van der Waals surface area (Å²) < 4.78 is 29.7. The van der Waals surface area contributed by atoms with Crippen LogP contribution < -0.4 is 9.62 Å². The largest absolute Gasteiger partial charge is 0.352 e. The number of carbonyl (C=O) groups is 2. The minimum atomic E-state index is -4.07. The first-order valence-corrected chi connectivity index (χ1v) is 15.6. The van der Waals surface area contributed by atoms with Crippen molar-refractivity contribution >= 4 is 50.1 Å². The Morgan fingerprint density at radius 3 is 2.10 bits per heavy atom. The maximum atomic E-state index is 14.1. The van der Waals surface area contributed by atoms with Crippen molar-refractivity contribution in [2.24, 2.45) is 0 Å². The average Bonchev–Trinajstić information content (AvgIpc) is 2.93. The van der Waals surface area contributed by atoms with Gasteiger partial charge >= 0.3 is 0 Å². The topological polar surface area (TPSA) is 86.8 Å². The van der Waals surface area contributed by atoms with Gasteiger partial charge in [-0.1, -0.05) is 56.3 Å². The number of hydrogen-bond acceptors (Lipinski definition) is 4. The molecule has 3 rings (SSSR count). The molecule has 0 heterocycles. The average molecular weight is 662 g/mol. The molecule has 208 valence electrons. The third-order valence-electron chi connectivity index (χ3n) is 6.71. The van der Waals surface area contributed by atoms with E-state index in [-0.39, 0.29) is 23.4 Å². The van der Waals surface area contributed by atoms with E-state index in [4.69, 9.17) is 0 Å². The maximum absolute atomic E-state index is 14.1. The number of rotatable bonds is 12. The lowest BCUT2D eigenvalue weighted by Gasteiger charge is -2.34. The molecule has 0 aromatic heterocycles. The van der Waals surface area contributed by atoms with Crippen LogP contribution in [0.15, 0.2) is 83.8 Å². The molecule has 2 atom stereocenters. The van der Waals surface area contributed by atoms with Crippen LogP contribution in [0.2, 0.25) is 0 Å². The second kappa shape index (κ2) is 13.9. The first-order chi connectivity index (χ1) is 18.6. The van der Waals surface area contributed by atoms with Gasteiger partial charge in [0, 0.05) is 16.2 Å². The summed E-state index contributed by atoms with van der Waals surface area (Å²) in [7, 11) is -4.07. The second-order valence-electron chi connectivity index (χ2n) is 9.49. The van der Waals surface area contributed by atoms with Crippen molar-refractivity contribution in [3.63, 3.8) is 0 Å². The van der Waals surface area contributed by atoms with Gasteiger partial charge in [0.2, 0.25) is 11.8 Å². The Bertz CT molecular complexity index is 1360. The molecule has 2 amide bonds. The fraction of sp³-hybridized carbons (Fsp3) is 0.333. The number of benzene rings is 3. The van der Waals surface area contributed by atoms with Crippen molar-refractivity contribution in [2.75, 3.05) is 10.8 Å². The molecule has 0 aliphatic heterocycles. The Balaban J connectivity index is 2.05. The molecular formula is C30H36IN3O4S. The van der Waals surface area contributed by atoms with Crippen LogP contribution >= 0.6 is 22.6 Å². The Hall–Kier alpha value is -2.92. The fourth-order valence-electron chi connectivity index (χ4n) is 4.19. The van der Waals surface area contributed by atoms with Crippen molar-refractivity contribution < 1.29 is 18.0 Å². The van der Waals surface area contributed by atoms with E-state index in [9.17, 15) is 18.0 Å². The summed E-state index contributed by atoms with van der Waals surface area (Å²) in [6, 6.07) is 21.9. The lowest BCUT2D eigenvalue weighted by atomic mass is 10.1. The zero-order valence-corrected chi connectivity index (χ0v) is 25.8. The molecule has 0 spiro atoms. The van der Waals surface area contributed by atoms with Crippen molar-refractivity contribution in [1.29, 1.82) is 0 Å². The van der Waals surface area contributed by atoms with Crippen molar-refractivity contribution in [2.45, 2.75) is 64.1 Å². The van der Waals surface area contributed by atoms with Gasteiger partial charge in [-0.05, 0) is 96.8 Å². The number of nitrogens with one attached hydrogen (secondary N) is 1. The van der Waals surface area contributed by atoms with Crippen LogP contribution in [0.5, 0.6) is 0 Å². The Morgan fingerprint density at radius 2 is 1.51 bits per heavy atom. The molecule has 7 nitrogen and oxygen atoms in total. The third-order valence-corrected chi connectivity index (χ3v) is 9.22. The second-order valence-corrected chi connectivity index (χ2v) is 12.6. The zero-order chi connectivity index (χ0) is 28.6. The lowest BCUT2D eigenvalue weighted by Crippen LogP contribution is -2.53. The molecule has 3 aromatic rings. The molecule has 0 saturated carbocycles. The smallest absolute Gasteiger partial charge is 0.264 e. The van der Waals surface area contributed by atoms with Crippen LogP contribution in [0.3, 0.4) is 0 Å². The van der Waals surface area contributed by atoms with Crippen LogP contribution in [0.25, 0.3) is 0 Å². The number of sulfonamides is 1. The van der Waals surface area contributed by atoms with Crippen molar-refractivity contribution in [1.82, 2.24) is 10.2 Å². The van der Waals surface area contributed by atoms with Crippen LogP contribution in [0, 0.1) is 10.5 Å². The summed E-state index contributed by atoms with van der Waals surface area (Å²) in [5, 5.41) is 3.00. The highest BCUT2D eigenvalue weighted by Gasteiger charge is 2.34. The fourth-order valence-corrected chi connectivity index (χ4v) is 5.98. The summed E-state index contributed by atoms with van der Waals surface area (Å²) in [5.41, 5.74) is 2.26. The van der Waals surface area contributed by atoms with Crippen LogP contribution in [0.4, 0.5) is 5.69 Å². The molecular weight excluding hydrogens is 625 g/mol. The zero-order valence-electron chi connectivity index (χ0n) is 22.8. The van der Waals surface area contributed by atoms with E-state index < -0.39 is 28.5 Å². The number of amides is 2. The predicted octanol–water partition coefficient (Wildman–Crippen LogP) is 5.52. The maximum Gasteiger partial charge on any atom is 0.264 e. The van der Waals surface area contributed by atoms with E-state index >= 15 is 0 Å². The van der Waals surface area contributed by atoms with Crippen LogP contribution in [-0.2, 0) is 26.2 Å². The molecule has 9 heteroatoms. The van der Waals surface area contributed by atoms with Gasteiger partial charge in [0.1, 0.15) is 12.6 Å². The van der Waals surface area contributed by atoms with Crippen LogP contribution in [0.1, 0.15) is 44.7 Å². The van der Waals surface area contributed by atoms with E-state index in [0.29, 0.717) is 12.1 Å². The number of halogens is 1.